The normalized spacial score (nSPS) is 11.3. The van der Waals surface area contributed by atoms with E-state index in [4.69, 9.17) is 0 Å². The molecule has 0 saturated carbocycles. The van der Waals surface area contributed by atoms with Gasteiger partial charge in [-0.2, -0.15) is 5.10 Å². The number of carbonyl (C=O) groups excluding carboxylic acids is 1. The molecule has 126 valence electrons. The molecule has 3 aromatic rings. The Labute approximate surface area is 147 Å². The second kappa shape index (κ2) is 7.31. The molecule has 24 heavy (non-hydrogen) atoms. The number of aromatic nitrogens is 2. The Kier molecular flexibility index (Phi) is 5.14. The molecule has 0 unspecified atom stereocenters. The molecule has 0 saturated heterocycles. The molecule has 2 heterocycles. The van der Waals surface area contributed by atoms with Crippen molar-refractivity contribution < 1.29 is 4.79 Å². The highest BCUT2D eigenvalue weighted by Gasteiger charge is 2.10. The molecule has 0 fully saturated rings. The molecule has 0 atom stereocenters. The largest absolute Gasteiger partial charge is 0.299 e. The molecule has 0 N–H and O–H groups in total. The zero-order valence-corrected chi connectivity index (χ0v) is 15.4. The first kappa shape index (κ1) is 16.9. The first-order chi connectivity index (χ1) is 11.6. The van der Waals surface area contributed by atoms with Gasteiger partial charge in [-0.3, -0.25) is 9.48 Å². The zero-order valence-electron chi connectivity index (χ0n) is 14.6. The standard InChI is InChI=1S/C20H24N2OS/c1-4-5-18(23)12-16-13-24-20-11-15(7-9-19(16)20)6-8-17-10-14(2)21-22(17)3/h7,9-11,13H,4-6,8,12H2,1-3H3. The maximum atomic E-state index is 11.9. The van der Waals surface area contributed by atoms with Crippen LogP contribution in [0.4, 0.5) is 0 Å². The third-order valence-electron chi connectivity index (χ3n) is 4.41. The fraction of sp³-hybridized carbons (Fsp3) is 0.400. The number of fused-ring (bicyclic) bond motifs is 1. The summed E-state index contributed by atoms with van der Waals surface area (Å²) in [4.78, 5) is 11.9. The van der Waals surface area contributed by atoms with Crippen LogP contribution in [0.1, 0.15) is 42.3 Å². The van der Waals surface area contributed by atoms with Gasteiger partial charge in [0.1, 0.15) is 5.78 Å². The number of nitrogens with zero attached hydrogens (tertiary/aromatic N) is 2. The summed E-state index contributed by atoms with van der Waals surface area (Å²) in [5, 5.41) is 7.79. The molecule has 3 rings (SSSR count). The molecule has 0 aliphatic carbocycles. The maximum Gasteiger partial charge on any atom is 0.137 e. The Morgan fingerprint density at radius 3 is 2.79 bits per heavy atom. The van der Waals surface area contributed by atoms with Crippen LogP contribution in [0.15, 0.2) is 29.6 Å². The summed E-state index contributed by atoms with van der Waals surface area (Å²) in [5.74, 6) is 0.341. The predicted octanol–water partition coefficient (Wildman–Crippen LogP) is 4.64. The van der Waals surface area contributed by atoms with E-state index in [9.17, 15) is 4.79 Å². The van der Waals surface area contributed by atoms with Crippen LogP contribution in [0.5, 0.6) is 0 Å². The Morgan fingerprint density at radius 2 is 2.08 bits per heavy atom. The van der Waals surface area contributed by atoms with Crippen molar-refractivity contribution in [1.82, 2.24) is 9.78 Å². The Hall–Kier alpha value is -1.94. The number of hydrogen-bond donors (Lipinski definition) is 0. The second-order valence-corrected chi connectivity index (χ2v) is 7.37. The SMILES string of the molecule is CCCC(=O)Cc1csc2cc(CCc3cc(C)nn3C)ccc12. The Morgan fingerprint density at radius 1 is 1.25 bits per heavy atom. The van der Waals surface area contributed by atoms with Crippen molar-refractivity contribution in [3.63, 3.8) is 0 Å². The van der Waals surface area contributed by atoms with Crippen molar-refractivity contribution in [3.8, 4) is 0 Å². The van der Waals surface area contributed by atoms with Crippen LogP contribution in [0.25, 0.3) is 10.1 Å². The summed E-state index contributed by atoms with van der Waals surface area (Å²) in [6.45, 7) is 4.09. The van der Waals surface area contributed by atoms with E-state index >= 15 is 0 Å². The smallest absolute Gasteiger partial charge is 0.137 e. The highest BCUT2D eigenvalue weighted by Crippen LogP contribution is 2.28. The lowest BCUT2D eigenvalue weighted by molar-refractivity contribution is -0.118. The summed E-state index contributed by atoms with van der Waals surface area (Å²) >= 11 is 1.75. The highest BCUT2D eigenvalue weighted by molar-refractivity contribution is 7.17. The first-order valence-corrected chi connectivity index (χ1v) is 9.45. The van der Waals surface area contributed by atoms with E-state index in [0.29, 0.717) is 18.6 Å². The fourth-order valence-electron chi connectivity index (χ4n) is 3.17. The molecule has 0 aliphatic rings. The number of carbonyl (C=O) groups is 1. The van der Waals surface area contributed by atoms with Gasteiger partial charge >= 0.3 is 0 Å². The molecule has 2 aromatic heterocycles. The summed E-state index contributed by atoms with van der Waals surface area (Å²) in [5.41, 5.74) is 4.86. The fourth-order valence-corrected chi connectivity index (χ4v) is 4.20. The topological polar surface area (TPSA) is 34.9 Å². The lowest BCUT2D eigenvalue weighted by Gasteiger charge is -2.04. The van der Waals surface area contributed by atoms with Crippen LogP contribution in [-0.2, 0) is 31.1 Å². The van der Waals surface area contributed by atoms with Gasteiger partial charge in [0, 0.05) is 30.3 Å². The van der Waals surface area contributed by atoms with E-state index < -0.39 is 0 Å². The molecule has 1 aromatic carbocycles. The van der Waals surface area contributed by atoms with Gasteiger partial charge < -0.3 is 0 Å². The van der Waals surface area contributed by atoms with E-state index in [1.807, 2.05) is 18.7 Å². The number of rotatable bonds is 7. The molecule has 4 heteroatoms. The zero-order chi connectivity index (χ0) is 17.1. The van der Waals surface area contributed by atoms with Gasteiger partial charge in [-0.05, 0) is 60.2 Å². The first-order valence-electron chi connectivity index (χ1n) is 8.57. The molecule has 3 nitrogen and oxygen atoms in total. The quantitative estimate of drug-likeness (QED) is 0.628. The number of thiophene rings is 1. The van der Waals surface area contributed by atoms with Crippen molar-refractivity contribution in [2.45, 2.75) is 46.0 Å². The van der Waals surface area contributed by atoms with Gasteiger partial charge in [0.25, 0.3) is 0 Å². The Bertz CT molecular complexity index is 860. The van der Waals surface area contributed by atoms with Gasteiger partial charge in [-0.25, -0.2) is 0 Å². The number of benzene rings is 1. The number of ketones is 1. The van der Waals surface area contributed by atoms with Gasteiger partial charge in [-0.1, -0.05) is 19.1 Å². The van der Waals surface area contributed by atoms with Crippen LogP contribution in [0, 0.1) is 6.92 Å². The van der Waals surface area contributed by atoms with Gasteiger partial charge in [0.2, 0.25) is 0 Å². The second-order valence-electron chi connectivity index (χ2n) is 6.46. The van der Waals surface area contributed by atoms with E-state index in [0.717, 1.165) is 25.0 Å². The predicted molar refractivity (Wildman–Crippen MR) is 101 cm³/mol. The number of hydrogen-bond acceptors (Lipinski definition) is 3. The molecule has 0 bridgehead atoms. The van der Waals surface area contributed by atoms with Crippen molar-refractivity contribution in [1.29, 1.82) is 0 Å². The molecular formula is C20H24N2OS. The maximum absolute atomic E-state index is 11.9. The van der Waals surface area contributed by atoms with Crippen LogP contribution < -0.4 is 0 Å². The minimum atomic E-state index is 0.341. The average Bonchev–Trinajstić information content (AvgIpc) is 3.08. The Balaban J connectivity index is 1.72. The van der Waals surface area contributed by atoms with Crippen molar-refractivity contribution >= 4 is 27.2 Å². The van der Waals surface area contributed by atoms with Crippen LogP contribution >= 0.6 is 11.3 Å². The minimum Gasteiger partial charge on any atom is -0.299 e. The van der Waals surface area contributed by atoms with E-state index in [2.05, 4.69) is 41.7 Å². The molecule has 0 aliphatic heterocycles. The van der Waals surface area contributed by atoms with Crippen LogP contribution in [-0.4, -0.2) is 15.6 Å². The van der Waals surface area contributed by atoms with E-state index in [-0.39, 0.29) is 0 Å². The van der Waals surface area contributed by atoms with Crippen LogP contribution in [0.2, 0.25) is 0 Å². The number of aryl methyl sites for hydroxylation is 4. The van der Waals surface area contributed by atoms with E-state index in [1.165, 1.54) is 26.9 Å². The molecular weight excluding hydrogens is 316 g/mol. The summed E-state index contributed by atoms with van der Waals surface area (Å²) in [7, 11) is 2.00. The van der Waals surface area contributed by atoms with Gasteiger partial charge in [0.15, 0.2) is 0 Å². The van der Waals surface area contributed by atoms with Crippen LogP contribution in [0.3, 0.4) is 0 Å². The van der Waals surface area contributed by atoms with Gasteiger partial charge in [0.05, 0.1) is 5.69 Å². The molecule has 0 radical (unpaired) electrons. The van der Waals surface area contributed by atoms with Crippen molar-refractivity contribution in [2.24, 2.45) is 7.05 Å². The number of Topliss-reactive ketones (excluding diaryl/α,β-unsaturated/α-hetero) is 1. The van der Waals surface area contributed by atoms with Gasteiger partial charge in [-0.15, -0.1) is 11.3 Å². The summed E-state index contributed by atoms with van der Waals surface area (Å²) in [6, 6.07) is 8.81. The molecule has 0 amide bonds. The lowest BCUT2D eigenvalue weighted by atomic mass is 10.0. The highest BCUT2D eigenvalue weighted by atomic mass is 32.1. The summed E-state index contributed by atoms with van der Waals surface area (Å²) in [6.07, 6.45) is 4.19. The summed E-state index contributed by atoms with van der Waals surface area (Å²) < 4.78 is 3.25. The third kappa shape index (κ3) is 3.75. The average molecular weight is 340 g/mol. The third-order valence-corrected chi connectivity index (χ3v) is 5.40. The monoisotopic (exact) mass is 340 g/mol. The lowest BCUT2D eigenvalue weighted by Crippen LogP contribution is -2.01. The molecule has 0 spiro atoms. The van der Waals surface area contributed by atoms with E-state index in [1.54, 1.807) is 11.3 Å². The van der Waals surface area contributed by atoms with Crippen molar-refractivity contribution in [2.75, 3.05) is 0 Å². The van der Waals surface area contributed by atoms with Crippen molar-refractivity contribution in [3.05, 3.63) is 52.2 Å². The minimum absolute atomic E-state index is 0.341.